The van der Waals surface area contributed by atoms with Crippen molar-refractivity contribution in [1.82, 2.24) is 10.3 Å². The maximum absolute atomic E-state index is 13.8. The van der Waals surface area contributed by atoms with Gasteiger partial charge in [-0.2, -0.15) is 13.2 Å². The van der Waals surface area contributed by atoms with Gasteiger partial charge in [0.15, 0.2) is 0 Å². The smallest absolute Gasteiger partial charge is 0.381 e. The van der Waals surface area contributed by atoms with Crippen LogP contribution in [0.1, 0.15) is 69.0 Å². The van der Waals surface area contributed by atoms with Gasteiger partial charge in [0.2, 0.25) is 0 Å². The van der Waals surface area contributed by atoms with Crippen LogP contribution in [0, 0.1) is 0 Å². The predicted molar refractivity (Wildman–Crippen MR) is 130 cm³/mol. The van der Waals surface area contributed by atoms with E-state index in [1.54, 1.807) is 12.1 Å². The van der Waals surface area contributed by atoms with Gasteiger partial charge in [-0.25, -0.2) is 0 Å². The molecule has 1 saturated carbocycles. The second-order valence-electron chi connectivity index (χ2n) is 9.51. The van der Waals surface area contributed by atoms with Crippen molar-refractivity contribution >= 4 is 5.69 Å². The molecular weight excluding hydrogens is 435 g/mol. The van der Waals surface area contributed by atoms with Gasteiger partial charge in [-0.15, -0.1) is 0 Å². The first-order chi connectivity index (χ1) is 16.4. The third-order valence-corrected chi connectivity index (χ3v) is 7.09. The van der Waals surface area contributed by atoms with Crippen molar-refractivity contribution in [3.63, 3.8) is 0 Å². The Hall–Kier alpha value is -3.02. The summed E-state index contributed by atoms with van der Waals surface area (Å²) in [5.41, 5.74) is 6.20. The Morgan fingerprint density at radius 1 is 1.06 bits per heavy atom. The number of alkyl halides is 3. The maximum atomic E-state index is 13.8. The molecule has 0 spiro atoms. The minimum absolute atomic E-state index is 0.132. The van der Waals surface area contributed by atoms with E-state index in [4.69, 9.17) is 4.98 Å². The Morgan fingerprint density at radius 3 is 2.65 bits per heavy atom. The molecular formula is C28H30F3N3. The minimum atomic E-state index is -4.44. The molecule has 0 radical (unpaired) electrons. The highest BCUT2D eigenvalue weighted by atomic mass is 19.4. The van der Waals surface area contributed by atoms with Crippen LogP contribution in [-0.4, -0.2) is 11.5 Å². The molecule has 0 amide bonds. The summed E-state index contributed by atoms with van der Waals surface area (Å²) in [6.45, 7) is 2.84. The van der Waals surface area contributed by atoms with Gasteiger partial charge in [-0.05, 0) is 68.0 Å². The zero-order valence-electron chi connectivity index (χ0n) is 19.4. The molecule has 34 heavy (non-hydrogen) atoms. The number of anilines is 1. The van der Waals surface area contributed by atoms with Gasteiger partial charge >= 0.3 is 6.18 Å². The number of rotatable bonds is 4. The molecule has 1 aromatic carbocycles. The molecule has 1 fully saturated rings. The third-order valence-electron chi connectivity index (χ3n) is 7.09. The summed E-state index contributed by atoms with van der Waals surface area (Å²) in [7, 11) is 0. The first-order valence-electron chi connectivity index (χ1n) is 12.2. The molecule has 1 aliphatic heterocycles. The quantitative estimate of drug-likeness (QED) is 0.486. The van der Waals surface area contributed by atoms with Gasteiger partial charge in [0.25, 0.3) is 0 Å². The summed E-state index contributed by atoms with van der Waals surface area (Å²) in [5, 5.41) is 7.07. The average Bonchev–Trinajstić information content (AvgIpc) is 2.86. The van der Waals surface area contributed by atoms with Crippen molar-refractivity contribution in [3.05, 3.63) is 82.3 Å². The highest BCUT2D eigenvalue weighted by molar-refractivity contribution is 5.70. The molecule has 2 N–H and O–H groups in total. The highest BCUT2D eigenvalue weighted by Gasteiger charge is 2.34. The predicted octanol–water partition coefficient (Wildman–Crippen LogP) is 7.71. The normalized spacial score (nSPS) is 19.2. The molecule has 0 saturated heterocycles. The molecule has 3 nitrogen and oxygen atoms in total. The fourth-order valence-corrected chi connectivity index (χ4v) is 5.31. The number of dihydropyridines is 1. The fourth-order valence-electron chi connectivity index (χ4n) is 5.31. The summed E-state index contributed by atoms with van der Waals surface area (Å²) in [6.07, 6.45) is 7.31. The minimum Gasteiger partial charge on any atom is -0.381 e. The van der Waals surface area contributed by atoms with Crippen LogP contribution in [0.3, 0.4) is 0 Å². The molecule has 1 aromatic heterocycles. The summed E-state index contributed by atoms with van der Waals surface area (Å²) >= 11 is 0. The largest absolute Gasteiger partial charge is 0.417 e. The van der Waals surface area contributed by atoms with E-state index in [0.29, 0.717) is 5.69 Å². The molecule has 3 aliphatic rings. The van der Waals surface area contributed by atoms with Crippen LogP contribution in [0.5, 0.6) is 0 Å². The highest BCUT2D eigenvalue weighted by Crippen LogP contribution is 2.40. The lowest BCUT2D eigenvalue weighted by Crippen LogP contribution is -2.26. The van der Waals surface area contributed by atoms with Gasteiger partial charge in [0.05, 0.1) is 11.3 Å². The van der Waals surface area contributed by atoms with E-state index in [1.807, 2.05) is 0 Å². The lowest BCUT2D eigenvalue weighted by Gasteiger charge is -2.29. The van der Waals surface area contributed by atoms with Gasteiger partial charge < -0.3 is 10.6 Å². The van der Waals surface area contributed by atoms with Crippen LogP contribution >= 0.6 is 0 Å². The molecule has 2 aromatic rings. The zero-order chi connectivity index (χ0) is 23.7. The van der Waals surface area contributed by atoms with E-state index in [1.165, 1.54) is 29.7 Å². The number of halogens is 3. The molecule has 0 atom stereocenters. The second-order valence-corrected chi connectivity index (χ2v) is 9.51. The first kappa shape index (κ1) is 22.8. The van der Waals surface area contributed by atoms with Crippen molar-refractivity contribution in [1.29, 1.82) is 0 Å². The number of nitrogens with zero attached hydrogens (tertiary/aromatic N) is 1. The second kappa shape index (κ2) is 9.32. The summed E-state index contributed by atoms with van der Waals surface area (Å²) in [5.74, 6) is 0.280. The van der Waals surface area contributed by atoms with Crippen LogP contribution in [0.25, 0.3) is 11.3 Å². The van der Waals surface area contributed by atoms with Crippen LogP contribution in [0.15, 0.2) is 71.1 Å². The van der Waals surface area contributed by atoms with Crippen molar-refractivity contribution in [2.45, 2.75) is 64.0 Å². The number of nitrogens with one attached hydrogen (secondary N) is 2. The Labute approximate surface area is 198 Å². The summed E-state index contributed by atoms with van der Waals surface area (Å²) < 4.78 is 41.5. The zero-order valence-corrected chi connectivity index (χ0v) is 19.4. The number of hydrogen-bond acceptors (Lipinski definition) is 3. The Morgan fingerprint density at radius 2 is 1.85 bits per heavy atom. The van der Waals surface area contributed by atoms with E-state index in [-0.39, 0.29) is 11.5 Å². The molecule has 178 valence electrons. The topological polar surface area (TPSA) is 37.0 Å². The number of pyridine rings is 1. The number of allylic oxidation sites excluding steroid dienone is 3. The van der Waals surface area contributed by atoms with Crippen LogP contribution in [0.2, 0.25) is 0 Å². The fraction of sp³-hybridized carbons (Fsp3) is 0.393. The third kappa shape index (κ3) is 4.63. The standard InChI is InChI=1S/C28H30F3N3/c1-18-17-32-24-14-8-6-12-22(24)27(18)33-20-15-25(19-9-3-2-4-10-19)34-26(16-20)21-11-5-7-13-23(21)28(29,30)31/h5,7-8,11,13-16,19,32H,2-4,6,9-10,12,17H2,1H3,(H,33,34). The van der Waals surface area contributed by atoms with E-state index >= 15 is 0 Å². The summed E-state index contributed by atoms with van der Waals surface area (Å²) in [4.78, 5) is 4.80. The first-order valence-corrected chi connectivity index (χ1v) is 12.2. The Kier molecular flexibility index (Phi) is 6.24. The molecule has 5 rings (SSSR count). The van der Waals surface area contributed by atoms with E-state index in [2.05, 4.69) is 35.8 Å². The lowest BCUT2D eigenvalue weighted by atomic mass is 9.86. The van der Waals surface area contributed by atoms with Crippen molar-refractivity contribution in [2.24, 2.45) is 0 Å². The van der Waals surface area contributed by atoms with E-state index in [0.717, 1.165) is 73.9 Å². The molecule has 0 bridgehead atoms. The maximum Gasteiger partial charge on any atom is 0.417 e. The molecule has 0 unspecified atom stereocenters. The van der Waals surface area contributed by atoms with E-state index < -0.39 is 11.7 Å². The van der Waals surface area contributed by atoms with Gasteiger partial charge in [-0.3, -0.25) is 4.98 Å². The molecule has 2 heterocycles. The van der Waals surface area contributed by atoms with Gasteiger partial charge in [0, 0.05) is 40.8 Å². The molecule has 6 heteroatoms. The van der Waals surface area contributed by atoms with Crippen LogP contribution in [-0.2, 0) is 6.18 Å². The Bertz CT molecular complexity index is 1170. The number of benzene rings is 1. The Balaban J connectivity index is 1.60. The molecule has 2 aliphatic carbocycles. The van der Waals surface area contributed by atoms with E-state index in [9.17, 15) is 13.2 Å². The van der Waals surface area contributed by atoms with Gasteiger partial charge in [0.1, 0.15) is 0 Å². The van der Waals surface area contributed by atoms with Crippen molar-refractivity contribution < 1.29 is 13.2 Å². The summed E-state index contributed by atoms with van der Waals surface area (Å²) in [6, 6.07) is 9.58. The monoisotopic (exact) mass is 465 g/mol. The number of hydrogen-bond donors (Lipinski definition) is 2. The van der Waals surface area contributed by atoms with Crippen LogP contribution < -0.4 is 10.6 Å². The lowest BCUT2D eigenvalue weighted by molar-refractivity contribution is -0.137. The van der Waals surface area contributed by atoms with Crippen molar-refractivity contribution in [2.75, 3.05) is 11.9 Å². The number of aromatic nitrogens is 1. The SMILES string of the molecule is CC1=C(Nc2cc(-c3ccccc3C(F)(F)F)nc(C3CCCCC3)c2)C2=C(C=CCC2)NC1. The average molecular weight is 466 g/mol. The van der Waals surface area contributed by atoms with Crippen LogP contribution in [0.4, 0.5) is 18.9 Å². The van der Waals surface area contributed by atoms with Gasteiger partial charge in [-0.1, -0.05) is 43.5 Å². The van der Waals surface area contributed by atoms with Crippen molar-refractivity contribution in [3.8, 4) is 11.3 Å².